The van der Waals surface area contributed by atoms with Crippen LogP contribution >= 0.6 is 11.8 Å². The third-order valence-electron chi connectivity index (χ3n) is 4.57. The molecule has 1 N–H and O–H groups in total. The monoisotopic (exact) mass is 344 g/mol. The van der Waals surface area contributed by atoms with Crippen LogP contribution in [-0.2, 0) is 7.05 Å². The van der Waals surface area contributed by atoms with Crippen molar-refractivity contribution in [3.8, 4) is 0 Å². The van der Waals surface area contributed by atoms with Crippen molar-refractivity contribution in [1.82, 2.24) is 19.8 Å². The number of aromatic nitrogens is 2. The Kier molecular flexibility index (Phi) is 5.58. The number of pyridine rings is 1. The highest BCUT2D eigenvalue weighted by molar-refractivity contribution is 7.98. The lowest BCUT2D eigenvalue weighted by atomic mass is 10.1. The Bertz CT molecular complexity index is 694. The third-order valence-corrected chi connectivity index (χ3v) is 5.28. The van der Waals surface area contributed by atoms with Crippen LogP contribution in [0.4, 0.5) is 0 Å². The van der Waals surface area contributed by atoms with Crippen molar-refractivity contribution in [1.29, 1.82) is 0 Å². The lowest BCUT2D eigenvalue weighted by Gasteiger charge is -2.28. The van der Waals surface area contributed by atoms with Gasteiger partial charge in [-0.25, -0.2) is 4.98 Å². The van der Waals surface area contributed by atoms with Crippen LogP contribution < -0.4 is 5.32 Å². The van der Waals surface area contributed by atoms with Crippen molar-refractivity contribution >= 4 is 17.7 Å². The number of carbonyl (C=O) groups excluding carboxylic acids is 1. The molecule has 0 aliphatic carbocycles. The zero-order valence-electron chi connectivity index (χ0n) is 14.2. The molecule has 1 aliphatic heterocycles. The van der Waals surface area contributed by atoms with E-state index in [4.69, 9.17) is 0 Å². The Balaban J connectivity index is 1.74. The molecule has 128 valence electrons. The van der Waals surface area contributed by atoms with Crippen molar-refractivity contribution in [3.63, 3.8) is 0 Å². The molecule has 1 amide bonds. The Morgan fingerprint density at radius 1 is 1.33 bits per heavy atom. The summed E-state index contributed by atoms with van der Waals surface area (Å²) in [5, 5.41) is 3.89. The maximum absolute atomic E-state index is 12.6. The summed E-state index contributed by atoms with van der Waals surface area (Å²) in [4.78, 5) is 19.3. The van der Waals surface area contributed by atoms with Gasteiger partial charge in [0.2, 0.25) is 0 Å². The molecular weight excluding hydrogens is 320 g/mol. The first-order valence-corrected chi connectivity index (χ1v) is 9.55. The predicted molar refractivity (Wildman–Crippen MR) is 97.3 cm³/mol. The van der Waals surface area contributed by atoms with E-state index in [-0.39, 0.29) is 11.9 Å². The molecule has 3 heterocycles. The van der Waals surface area contributed by atoms with E-state index in [1.165, 1.54) is 30.3 Å². The summed E-state index contributed by atoms with van der Waals surface area (Å²) < 4.78 is 2.15. The van der Waals surface area contributed by atoms with Gasteiger partial charge in [0.25, 0.3) is 5.91 Å². The van der Waals surface area contributed by atoms with E-state index in [1.807, 2.05) is 18.4 Å². The lowest BCUT2D eigenvalue weighted by Crippen LogP contribution is -2.37. The van der Waals surface area contributed by atoms with Crippen LogP contribution in [0.25, 0.3) is 0 Å². The summed E-state index contributed by atoms with van der Waals surface area (Å²) >= 11 is 1.50. The fourth-order valence-corrected chi connectivity index (χ4v) is 3.85. The van der Waals surface area contributed by atoms with E-state index < -0.39 is 0 Å². The minimum absolute atomic E-state index is 0.0501. The maximum atomic E-state index is 12.6. The molecule has 2 aromatic rings. The molecule has 1 fully saturated rings. The summed E-state index contributed by atoms with van der Waals surface area (Å²) in [6.07, 6.45) is 8.19. The van der Waals surface area contributed by atoms with E-state index in [0.717, 1.165) is 18.1 Å². The smallest absolute Gasteiger partial charge is 0.254 e. The van der Waals surface area contributed by atoms with E-state index in [0.29, 0.717) is 12.1 Å². The van der Waals surface area contributed by atoms with Gasteiger partial charge in [0, 0.05) is 31.7 Å². The first kappa shape index (κ1) is 17.0. The number of nitrogens with one attached hydrogen (secondary N) is 1. The van der Waals surface area contributed by atoms with Crippen molar-refractivity contribution in [2.45, 2.75) is 23.9 Å². The van der Waals surface area contributed by atoms with E-state index in [1.54, 1.807) is 6.20 Å². The Morgan fingerprint density at radius 2 is 2.12 bits per heavy atom. The van der Waals surface area contributed by atoms with E-state index >= 15 is 0 Å². The van der Waals surface area contributed by atoms with Gasteiger partial charge < -0.3 is 9.88 Å². The minimum Gasteiger partial charge on any atom is -0.353 e. The second-order valence-corrected chi connectivity index (χ2v) is 6.87. The SMILES string of the molecule is CSc1ncccc1C(=O)NC[C@H](c1cccn1C)N1CCCC1. The molecule has 24 heavy (non-hydrogen) atoms. The topological polar surface area (TPSA) is 50.2 Å². The molecule has 0 radical (unpaired) electrons. The summed E-state index contributed by atoms with van der Waals surface area (Å²) in [7, 11) is 2.06. The molecule has 0 saturated carbocycles. The van der Waals surface area contributed by atoms with Crippen molar-refractivity contribution in [2.24, 2.45) is 7.05 Å². The molecule has 2 aromatic heterocycles. The number of carbonyl (C=O) groups is 1. The Hall–Kier alpha value is -1.79. The second-order valence-electron chi connectivity index (χ2n) is 6.07. The highest BCUT2D eigenvalue weighted by Gasteiger charge is 2.26. The van der Waals surface area contributed by atoms with Crippen LogP contribution in [0, 0.1) is 0 Å². The number of thioether (sulfide) groups is 1. The number of likely N-dealkylation sites (tertiary alicyclic amines) is 1. The van der Waals surface area contributed by atoms with E-state index in [9.17, 15) is 4.79 Å². The molecule has 1 saturated heterocycles. The van der Waals surface area contributed by atoms with Gasteiger partial charge in [-0.2, -0.15) is 0 Å². The van der Waals surface area contributed by atoms with Gasteiger partial charge in [-0.15, -0.1) is 11.8 Å². The molecule has 6 heteroatoms. The molecular formula is C18H24N4OS. The van der Waals surface area contributed by atoms with Gasteiger partial charge in [0.05, 0.1) is 11.6 Å². The zero-order valence-corrected chi connectivity index (χ0v) is 15.1. The first-order chi connectivity index (χ1) is 11.7. The molecule has 1 aliphatic rings. The van der Waals surface area contributed by atoms with Gasteiger partial charge in [0.1, 0.15) is 5.03 Å². The molecule has 0 spiro atoms. The average molecular weight is 344 g/mol. The van der Waals surface area contributed by atoms with Gasteiger partial charge >= 0.3 is 0 Å². The van der Waals surface area contributed by atoms with Crippen molar-refractivity contribution < 1.29 is 4.79 Å². The van der Waals surface area contributed by atoms with Gasteiger partial charge in [0.15, 0.2) is 0 Å². The van der Waals surface area contributed by atoms with Crippen LogP contribution in [0.5, 0.6) is 0 Å². The summed E-state index contributed by atoms with van der Waals surface area (Å²) in [5.41, 5.74) is 1.89. The number of hydrogen-bond donors (Lipinski definition) is 1. The minimum atomic E-state index is -0.0501. The standard InChI is InChI=1S/C18H24N4OS/c1-21-10-6-8-15(21)16(22-11-3-4-12-22)13-20-17(23)14-7-5-9-19-18(14)24-2/h5-10,16H,3-4,11-13H2,1-2H3,(H,20,23)/t16-/m1/s1. The number of hydrogen-bond acceptors (Lipinski definition) is 4. The van der Waals surface area contributed by atoms with Gasteiger partial charge in [-0.3, -0.25) is 9.69 Å². The Morgan fingerprint density at radius 3 is 2.79 bits per heavy atom. The summed E-state index contributed by atoms with van der Waals surface area (Å²) in [5.74, 6) is -0.0501. The molecule has 0 aromatic carbocycles. The van der Waals surface area contributed by atoms with Crippen LogP contribution in [0.1, 0.15) is 34.9 Å². The van der Waals surface area contributed by atoms with Gasteiger partial charge in [-0.05, 0) is 56.5 Å². The van der Waals surface area contributed by atoms with Crippen molar-refractivity contribution in [3.05, 3.63) is 47.9 Å². The number of rotatable bonds is 6. The lowest BCUT2D eigenvalue weighted by molar-refractivity contribution is 0.0933. The zero-order chi connectivity index (χ0) is 16.9. The molecule has 0 bridgehead atoms. The summed E-state index contributed by atoms with van der Waals surface area (Å²) in [6, 6.07) is 8.07. The summed E-state index contributed by atoms with van der Waals surface area (Å²) in [6.45, 7) is 2.79. The van der Waals surface area contributed by atoms with Crippen LogP contribution in [0.3, 0.4) is 0 Å². The van der Waals surface area contributed by atoms with E-state index in [2.05, 4.69) is 45.1 Å². The second kappa shape index (κ2) is 7.85. The predicted octanol–water partition coefficient (Wildman–Crippen LogP) is 2.71. The number of aryl methyl sites for hydroxylation is 1. The number of amides is 1. The fraction of sp³-hybridized carbons (Fsp3) is 0.444. The molecule has 0 unspecified atom stereocenters. The normalized spacial score (nSPS) is 16.2. The van der Waals surface area contributed by atoms with Crippen LogP contribution in [0.15, 0.2) is 41.7 Å². The first-order valence-electron chi connectivity index (χ1n) is 8.33. The van der Waals surface area contributed by atoms with Crippen molar-refractivity contribution in [2.75, 3.05) is 25.9 Å². The largest absolute Gasteiger partial charge is 0.353 e. The highest BCUT2D eigenvalue weighted by Crippen LogP contribution is 2.25. The number of nitrogens with zero attached hydrogens (tertiary/aromatic N) is 3. The Labute approximate surface area is 147 Å². The third kappa shape index (κ3) is 3.65. The van der Waals surface area contributed by atoms with Gasteiger partial charge in [-0.1, -0.05) is 0 Å². The van der Waals surface area contributed by atoms with Crippen LogP contribution in [0.2, 0.25) is 0 Å². The molecule has 3 rings (SSSR count). The highest BCUT2D eigenvalue weighted by atomic mass is 32.2. The average Bonchev–Trinajstić information content (AvgIpc) is 3.27. The maximum Gasteiger partial charge on any atom is 0.254 e. The fourth-order valence-electron chi connectivity index (χ4n) is 3.31. The molecule has 5 nitrogen and oxygen atoms in total. The van der Waals surface area contributed by atoms with Crippen LogP contribution in [-0.4, -0.2) is 46.2 Å². The quantitative estimate of drug-likeness (QED) is 0.819. The molecule has 1 atom stereocenters.